The molecule has 0 N–H and O–H groups in total. The minimum Gasteiger partial charge on any atom is -0.461 e. The van der Waals surface area contributed by atoms with E-state index in [2.05, 4.69) is 10.1 Å². The van der Waals surface area contributed by atoms with Gasteiger partial charge < -0.3 is 13.8 Å². The lowest BCUT2D eigenvalue weighted by Gasteiger charge is -2.23. The topological polar surface area (TPSA) is 72.4 Å². The van der Waals surface area contributed by atoms with Crippen LogP contribution < -0.4 is 4.90 Å². The summed E-state index contributed by atoms with van der Waals surface area (Å²) in [5, 5.41) is 3.88. The lowest BCUT2D eigenvalue weighted by Crippen LogP contribution is -2.31. The molecular formula is C19H21N3O3. The van der Waals surface area contributed by atoms with E-state index in [-0.39, 0.29) is 5.91 Å². The summed E-state index contributed by atoms with van der Waals surface area (Å²) in [6.07, 6.45) is 2.26. The number of furan rings is 1. The number of aromatic nitrogens is 2. The third-order valence-corrected chi connectivity index (χ3v) is 4.04. The number of hydrogen-bond donors (Lipinski definition) is 0. The van der Waals surface area contributed by atoms with Gasteiger partial charge in [0, 0.05) is 25.1 Å². The highest BCUT2D eigenvalue weighted by Crippen LogP contribution is 2.23. The zero-order valence-corrected chi connectivity index (χ0v) is 14.7. The van der Waals surface area contributed by atoms with Crippen LogP contribution in [0.25, 0.3) is 11.6 Å². The average Bonchev–Trinajstić information content (AvgIpc) is 3.27. The number of hydrogen-bond acceptors (Lipinski definition) is 5. The Morgan fingerprint density at radius 3 is 2.80 bits per heavy atom. The first kappa shape index (κ1) is 17.0. The van der Waals surface area contributed by atoms with Gasteiger partial charge in [0.15, 0.2) is 5.76 Å². The largest absolute Gasteiger partial charge is 0.461 e. The van der Waals surface area contributed by atoms with Crippen molar-refractivity contribution in [3.05, 3.63) is 53.6 Å². The fourth-order valence-corrected chi connectivity index (χ4v) is 2.70. The second-order valence-electron chi connectivity index (χ2n) is 5.92. The Balaban J connectivity index is 1.68. The molecule has 0 radical (unpaired) electrons. The highest BCUT2D eigenvalue weighted by molar-refractivity contribution is 5.94. The molecule has 0 atom stereocenters. The summed E-state index contributed by atoms with van der Waals surface area (Å²) < 4.78 is 10.4. The Kier molecular flexibility index (Phi) is 4.97. The van der Waals surface area contributed by atoms with Crippen molar-refractivity contribution in [3.8, 4) is 11.6 Å². The van der Waals surface area contributed by atoms with Crippen LogP contribution in [-0.4, -0.2) is 22.6 Å². The molecule has 0 unspecified atom stereocenters. The van der Waals surface area contributed by atoms with Gasteiger partial charge in [-0.3, -0.25) is 4.79 Å². The predicted molar refractivity (Wildman–Crippen MR) is 94.3 cm³/mol. The molecule has 2 aromatic heterocycles. The molecule has 3 aromatic rings. The Labute approximate surface area is 146 Å². The van der Waals surface area contributed by atoms with E-state index in [1.54, 1.807) is 23.3 Å². The molecule has 0 spiro atoms. The Hall–Kier alpha value is -2.89. The molecule has 6 heteroatoms. The molecule has 130 valence electrons. The minimum atomic E-state index is 0.0361. The van der Waals surface area contributed by atoms with Crippen molar-refractivity contribution in [1.29, 1.82) is 0 Å². The van der Waals surface area contributed by atoms with Gasteiger partial charge in [-0.2, -0.15) is 4.98 Å². The molecule has 0 aliphatic rings. The van der Waals surface area contributed by atoms with E-state index < -0.39 is 0 Å². The van der Waals surface area contributed by atoms with Gasteiger partial charge in [0.05, 0.1) is 6.26 Å². The zero-order chi connectivity index (χ0) is 17.8. The van der Waals surface area contributed by atoms with Crippen LogP contribution in [0.1, 0.15) is 30.4 Å². The summed E-state index contributed by atoms with van der Waals surface area (Å²) in [6.45, 7) is 6.63. The van der Waals surface area contributed by atoms with E-state index in [1.165, 1.54) is 0 Å². The van der Waals surface area contributed by atoms with Gasteiger partial charge >= 0.3 is 0 Å². The molecule has 0 aliphatic carbocycles. The molecule has 0 saturated heterocycles. The molecule has 25 heavy (non-hydrogen) atoms. The van der Waals surface area contributed by atoms with Crippen LogP contribution in [0, 0.1) is 13.8 Å². The summed E-state index contributed by atoms with van der Waals surface area (Å²) in [5.74, 6) is 1.41. The lowest BCUT2D eigenvalue weighted by molar-refractivity contribution is -0.118. The van der Waals surface area contributed by atoms with E-state index in [1.807, 2.05) is 39.0 Å². The Morgan fingerprint density at radius 1 is 1.24 bits per heavy atom. The average molecular weight is 339 g/mol. The summed E-state index contributed by atoms with van der Waals surface area (Å²) in [7, 11) is 0. The van der Waals surface area contributed by atoms with Crippen LogP contribution in [0.4, 0.5) is 5.69 Å². The fourth-order valence-electron chi connectivity index (χ4n) is 2.70. The number of carbonyl (C=O) groups excluding carboxylic acids is 1. The number of anilines is 1. The smallest absolute Gasteiger partial charge is 0.238 e. The molecule has 6 nitrogen and oxygen atoms in total. The highest BCUT2D eigenvalue weighted by atomic mass is 16.5. The lowest BCUT2D eigenvalue weighted by atomic mass is 10.1. The minimum absolute atomic E-state index is 0.0361. The first-order valence-corrected chi connectivity index (χ1v) is 8.32. The van der Waals surface area contributed by atoms with Crippen molar-refractivity contribution < 1.29 is 13.7 Å². The fraction of sp³-hybridized carbons (Fsp3) is 0.316. The third kappa shape index (κ3) is 3.79. The van der Waals surface area contributed by atoms with E-state index in [0.717, 1.165) is 16.8 Å². The van der Waals surface area contributed by atoms with Crippen LogP contribution in [-0.2, 0) is 11.2 Å². The summed E-state index contributed by atoms with van der Waals surface area (Å²) in [5.41, 5.74) is 3.17. The van der Waals surface area contributed by atoms with Crippen LogP contribution in [0.15, 0.2) is 45.5 Å². The maximum atomic E-state index is 12.7. The molecular weight excluding hydrogens is 318 g/mol. The van der Waals surface area contributed by atoms with Gasteiger partial charge in [-0.05, 0) is 50.1 Å². The van der Waals surface area contributed by atoms with E-state index >= 15 is 0 Å². The van der Waals surface area contributed by atoms with Crippen LogP contribution in [0.2, 0.25) is 0 Å². The molecule has 0 saturated carbocycles. The summed E-state index contributed by atoms with van der Waals surface area (Å²) >= 11 is 0. The Bertz CT molecular complexity index is 853. The number of aryl methyl sites for hydroxylation is 3. The quantitative estimate of drug-likeness (QED) is 0.680. The SMILES string of the molecule is CCN(C(=O)CCc1nc(-c2ccco2)no1)c1cc(C)ccc1C. The normalized spacial score (nSPS) is 10.8. The van der Waals surface area contributed by atoms with Crippen LogP contribution in [0.5, 0.6) is 0 Å². The van der Waals surface area contributed by atoms with Gasteiger partial charge in [-0.1, -0.05) is 17.3 Å². The van der Waals surface area contributed by atoms with Gasteiger partial charge in [0.1, 0.15) is 0 Å². The highest BCUT2D eigenvalue weighted by Gasteiger charge is 2.18. The molecule has 1 aromatic carbocycles. The molecule has 2 heterocycles. The van der Waals surface area contributed by atoms with Crippen LogP contribution in [0.3, 0.4) is 0 Å². The third-order valence-electron chi connectivity index (χ3n) is 4.04. The first-order valence-electron chi connectivity index (χ1n) is 8.32. The van der Waals surface area contributed by atoms with E-state index in [9.17, 15) is 4.79 Å². The Morgan fingerprint density at radius 2 is 2.08 bits per heavy atom. The van der Waals surface area contributed by atoms with E-state index in [0.29, 0.717) is 36.9 Å². The molecule has 0 fully saturated rings. The van der Waals surface area contributed by atoms with Crippen molar-refractivity contribution in [2.45, 2.75) is 33.6 Å². The second kappa shape index (κ2) is 7.34. The van der Waals surface area contributed by atoms with Gasteiger partial charge in [0.2, 0.25) is 17.6 Å². The number of amides is 1. The second-order valence-corrected chi connectivity index (χ2v) is 5.92. The van der Waals surface area contributed by atoms with Crippen LogP contribution >= 0.6 is 0 Å². The standard InChI is InChI=1S/C19H21N3O3/c1-4-22(15-12-13(2)7-8-14(15)3)18(23)10-9-17-20-19(21-25-17)16-6-5-11-24-16/h5-8,11-12H,4,9-10H2,1-3H3. The molecule has 0 bridgehead atoms. The van der Waals surface area contributed by atoms with Gasteiger partial charge in [-0.25, -0.2) is 0 Å². The van der Waals surface area contributed by atoms with Crippen molar-refractivity contribution in [2.75, 3.05) is 11.4 Å². The number of carbonyl (C=O) groups is 1. The number of nitrogens with zero attached hydrogens (tertiary/aromatic N) is 3. The maximum absolute atomic E-state index is 12.7. The number of rotatable bonds is 6. The summed E-state index contributed by atoms with van der Waals surface area (Å²) in [4.78, 5) is 18.7. The van der Waals surface area contributed by atoms with Crippen molar-refractivity contribution in [1.82, 2.24) is 10.1 Å². The molecule has 3 rings (SSSR count). The number of benzene rings is 1. The first-order chi connectivity index (χ1) is 12.1. The van der Waals surface area contributed by atoms with Crippen molar-refractivity contribution >= 4 is 11.6 Å². The van der Waals surface area contributed by atoms with Gasteiger partial charge in [0.25, 0.3) is 0 Å². The van der Waals surface area contributed by atoms with Crippen molar-refractivity contribution in [3.63, 3.8) is 0 Å². The van der Waals surface area contributed by atoms with Crippen molar-refractivity contribution in [2.24, 2.45) is 0 Å². The van der Waals surface area contributed by atoms with E-state index in [4.69, 9.17) is 8.94 Å². The summed E-state index contributed by atoms with van der Waals surface area (Å²) in [6, 6.07) is 9.65. The monoisotopic (exact) mass is 339 g/mol. The predicted octanol–water partition coefficient (Wildman–Crippen LogP) is 3.93. The maximum Gasteiger partial charge on any atom is 0.238 e. The zero-order valence-electron chi connectivity index (χ0n) is 14.7. The molecule has 1 amide bonds. The van der Waals surface area contributed by atoms with Gasteiger partial charge in [-0.15, -0.1) is 0 Å². The molecule has 0 aliphatic heterocycles.